The smallest absolute Gasteiger partial charge is 0.275 e. The van der Waals surface area contributed by atoms with Crippen LogP contribution < -0.4 is 5.32 Å². The first-order valence-electron chi connectivity index (χ1n) is 9.47. The third kappa shape index (κ3) is 2.92. The molecule has 1 aliphatic heterocycles. The second kappa shape index (κ2) is 6.48. The summed E-state index contributed by atoms with van der Waals surface area (Å²) >= 11 is 3.42. The molecule has 3 aromatic rings. The minimum atomic E-state index is -0.125. The maximum atomic E-state index is 13.1. The highest BCUT2D eigenvalue weighted by Gasteiger charge is 2.33. The molecule has 1 fully saturated rings. The van der Waals surface area contributed by atoms with E-state index in [0.717, 1.165) is 28.5 Å². The third-order valence-corrected chi connectivity index (χ3v) is 5.99. The molecule has 1 N–H and O–H groups in total. The molecule has 7 nitrogen and oxygen atoms in total. The lowest BCUT2D eigenvalue weighted by Gasteiger charge is -2.35. The van der Waals surface area contributed by atoms with Gasteiger partial charge < -0.3 is 14.8 Å². The van der Waals surface area contributed by atoms with Crippen LogP contribution in [0.25, 0.3) is 5.52 Å². The number of halogens is 1. The van der Waals surface area contributed by atoms with Crippen molar-refractivity contribution in [1.29, 1.82) is 0 Å². The Bertz CT molecular complexity index is 1100. The summed E-state index contributed by atoms with van der Waals surface area (Å²) < 4.78 is 4.64. The van der Waals surface area contributed by atoms with Crippen molar-refractivity contribution in [2.24, 2.45) is 0 Å². The number of aromatic nitrogens is 3. The molecule has 0 spiro atoms. The van der Waals surface area contributed by atoms with Crippen LogP contribution in [0.15, 0.2) is 41.0 Å². The van der Waals surface area contributed by atoms with Crippen LogP contribution in [0.2, 0.25) is 0 Å². The number of fused-ring (bicyclic) bond motifs is 2. The topological polar surface area (TPSA) is 71.6 Å². The fourth-order valence-electron chi connectivity index (χ4n) is 3.83. The summed E-state index contributed by atoms with van der Waals surface area (Å²) in [6.07, 6.45) is 3.96. The highest BCUT2D eigenvalue weighted by atomic mass is 79.9. The van der Waals surface area contributed by atoms with Crippen molar-refractivity contribution in [3.05, 3.63) is 58.1 Å². The van der Waals surface area contributed by atoms with Crippen LogP contribution in [0.1, 0.15) is 52.5 Å². The molecule has 1 unspecified atom stereocenters. The number of nitrogens with zero attached hydrogens (tertiary/aromatic N) is 4. The molecule has 2 amide bonds. The van der Waals surface area contributed by atoms with Crippen molar-refractivity contribution in [2.45, 2.75) is 38.4 Å². The van der Waals surface area contributed by atoms with Crippen molar-refractivity contribution >= 4 is 33.3 Å². The molecule has 1 saturated carbocycles. The number of hydrogen-bond acceptors (Lipinski definition) is 3. The summed E-state index contributed by atoms with van der Waals surface area (Å²) in [7, 11) is 0. The number of nitrogens with one attached hydrogen (secondary N) is 1. The van der Waals surface area contributed by atoms with E-state index in [1.165, 1.54) is 0 Å². The number of rotatable bonds is 3. The molecule has 1 atom stereocenters. The van der Waals surface area contributed by atoms with E-state index in [4.69, 9.17) is 0 Å². The quantitative estimate of drug-likeness (QED) is 0.678. The lowest BCUT2D eigenvalue weighted by molar-refractivity contribution is 0.0635. The SMILES string of the molecule is CC1c2ccc(C(=O)NC3CC3)n2CCN1C(=O)c1cc2ccc(Br)cn2n1. The van der Waals surface area contributed by atoms with E-state index in [1.54, 1.807) is 4.52 Å². The summed E-state index contributed by atoms with van der Waals surface area (Å²) in [6, 6.07) is 9.67. The molecule has 144 valence electrons. The molecule has 0 saturated heterocycles. The van der Waals surface area contributed by atoms with Gasteiger partial charge in [0.1, 0.15) is 5.69 Å². The molecule has 28 heavy (non-hydrogen) atoms. The van der Waals surface area contributed by atoms with Crippen LogP contribution in [0.3, 0.4) is 0 Å². The van der Waals surface area contributed by atoms with Crippen molar-refractivity contribution in [3.63, 3.8) is 0 Å². The van der Waals surface area contributed by atoms with Gasteiger partial charge in [0.25, 0.3) is 11.8 Å². The normalized spacial score (nSPS) is 18.9. The molecule has 3 aromatic heterocycles. The predicted octanol–water partition coefficient (Wildman–Crippen LogP) is 3.01. The molecule has 1 aliphatic carbocycles. The Kier molecular flexibility index (Phi) is 4.04. The fourth-order valence-corrected chi connectivity index (χ4v) is 4.16. The zero-order valence-electron chi connectivity index (χ0n) is 15.4. The van der Waals surface area contributed by atoms with Gasteiger partial charge in [0.05, 0.1) is 11.6 Å². The van der Waals surface area contributed by atoms with Gasteiger partial charge in [-0.25, -0.2) is 4.52 Å². The molecule has 0 aromatic carbocycles. The van der Waals surface area contributed by atoms with Crippen molar-refractivity contribution < 1.29 is 9.59 Å². The van der Waals surface area contributed by atoms with Gasteiger partial charge in [-0.1, -0.05) is 0 Å². The molecular weight excluding hydrogens is 422 g/mol. The molecule has 0 radical (unpaired) electrons. The van der Waals surface area contributed by atoms with Gasteiger partial charge in [0.2, 0.25) is 0 Å². The van der Waals surface area contributed by atoms with E-state index in [1.807, 2.05) is 52.9 Å². The van der Waals surface area contributed by atoms with Gasteiger partial charge in [0.15, 0.2) is 5.69 Å². The minimum Gasteiger partial charge on any atom is -0.348 e. The average Bonchev–Trinajstić information content (AvgIpc) is 3.22. The Balaban J connectivity index is 1.40. The molecule has 5 rings (SSSR count). The molecule has 8 heteroatoms. The van der Waals surface area contributed by atoms with E-state index >= 15 is 0 Å². The van der Waals surface area contributed by atoms with Gasteiger partial charge in [-0.05, 0) is 66.0 Å². The van der Waals surface area contributed by atoms with E-state index in [9.17, 15) is 9.59 Å². The van der Waals surface area contributed by atoms with Crippen molar-refractivity contribution in [1.82, 2.24) is 24.4 Å². The van der Waals surface area contributed by atoms with Gasteiger partial charge in [-0.15, -0.1) is 0 Å². The van der Waals surface area contributed by atoms with E-state index in [2.05, 4.69) is 26.3 Å². The van der Waals surface area contributed by atoms with Gasteiger partial charge in [-0.3, -0.25) is 9.59 Å². The second-order valence-electron chi connectivity index (χ2n) is 7.46. The van der Waals surface area contributed by atoms with Crippen LogP contribution in [-0.2, 0) is 6.54 Å². The largest absolute Gasteiger partial charge is 0.348 e. The Morgan fingerprint density at radius 1 is 1.18 bits per heavy atom. The molecule has 4 heterocycles. The monoisotopic (exact) mass is 441 g/mol. The fraction of sp³-hybridized carbons (Fsp3) is 0.350. The summed E-state index contributed by atoms with van der Waals surface area (Å²) in [5.41, 5.74) is 2.96. The zero-order chi connectivity index (χ0) is 19.4. The lowest BCUT2D eigenvalue weighted by atomic mass is 10.1. The third-order valence-electron chi connectivity index (χ3n) is 5.52. The van der Waals surface area contributed by atoms with Crippen LogP contribution in [0.4, 0.5) is 0 Å². The number of pyridine rings is 1. The first-order valence-corrected chi connectivity index (χ1v) is 10.3. The number of carbonyl (C=O) groups excluding carboxylic acids is 2. The van der Waals surface area contributed by atoms with E-state index < -0.39 is 0 Å². The second-order valence-corrected chi connectivity index (χ2v) is 8.38. The molecule has 0 bridgehead atoms. The molecule has 2 aliphatic rings. The minimum absolute atomic E-state index is 0.0216. The Morgan fingerprint density at radius 3 is 2.79 bits per heavy atom. The Labute approximate surface area is 170 Å². The van der Waals surface area contributed by atoms with Crippen LogP contribution in [0.5, 0.6) is 0 Å². The lowest BCUT2D eigenvalue weighted by Crippen LogP contribution is -2.42. The summed E-state index contributed by atoms with van der Waals surface area (Å²) in [4.78, 5) is 27.4. The summed E-state index contributed by atoms with van der Waals surface area (Å²) in [5.74, 6) is -0.115. The van der Waals surface area contributed by atoms with Gasteiger partial charge in [0, 0.05) is 35.5 Å². The van der Waals surface area contributed by atoms with Crippen LogP contribution in [-0.4, -0.2) is 43.5 Å². The van der Waals surface area contributed by atoms with Gasteiger partial charge >= 0.3 is 0 Å². The first-order chi connectivity index (χ1) is 13.5. The zero-order valence-corrected chi connectivity index (χ0v) is 17.0. The highest BCUT2D eigenvalue weighted by Crippen LogP contribution is 2.29. The van der Waals surface area contributed by atoms with Crippen molar-refractivity contribution in [2.75, 3.05) is 6.54 Å². The highest BCUT2D eigenvalue weighted by molar-refractivity contribution is 9.10. The van der Waals surface area contributed by atoms with Gasteiger partial charge in [-0.2, -0.15) is 5.10 Å². The maximum absolute atomic E-state index is 13.1. The first kappa shape index (κ1) is 17.5. The van der Waals surface area contributed by atoms with Crippen LogP contribution in [0, 0.1) is 0 Å². The average molecular weight is 442 g/mol. The standard InChI is InChI=1S/C20H20BrN5O2/c1-12-17-6-7-18(19(27)22-14-3-4-14)25(17)9-8-24(12)20(28)16-10-15-5-2-13(21)11-26(15)23-16/h2,5-7,10-12,14H,3-4,8-9H2,1H3,(H,22,27). The number of carbonyl (C=O) groups is 2. The maximum Gasteiger partial charge on any atom is 0.275 e. The van der Waals surface area contributed by atoms with E-state index in [-0.39, 0.29) is 17.9 Å². The van der Waals surface area contributed by atoms with Crippen molar-refractivity contribution in [3.8, 4) is 0 Å². The van der Waals surface area contributed by atoms with Crippen LogP contribution >= 0.6 is 15.9 Å². The van der Waals surface area contributed by atoms with E-state index in [0.29, 0.717) is 30.5 Å². The Hall–Kier alpha value is -2.61. The predicted molar refractivity (Wildman–Crippen MR) is 107 cm³/mol. The summed E-state index contributed by atoms with van der Waals surface area (Å²) in [6.45, 7) is 3.14. The Morgan fingerprint density at radius 2 is 2.00 bits per heavy atom. The summed E-state index contributed by atoms with van der Waals surface area (Å²) in [5, 5.41) is 7.48. The number of hydrogen-bond donors (Lipinski definition) is 1. The molecular formula is C20H20BrN5O2. The number of amides is 2.